The number of nitrogens with zero attached hydrogens (tertiary/aromatic N) is 1. The van der Waals surface area contributed by atoms with Crippen molar-refractivity contribution >= 4 is 0 Å². The van der Waals surface area contributed by atoms with Gasteiger partial charge in [0.05, 0.1) is 0 Å². The third kappa shape index (κ3) is 1.70. The van der Waals surface area contributed by atoms with Crippen LogP contribution in [0.3, 0.4) is 0 Å². The number of nitrogens with one attached hydrogen (secondary N) is 1. The molecule has 1 spiro atoms. The van der Waals surface area contributed by atoms with Crippen LogP contribution in [0.5, 0.6) is 0 Å². The van der Waals surface area contributed by atoms with Crippen LogP contribution in [0.25, 0.3) is 0 Å². The number of likely N-dealkylation sites (tertiary alicyclic amines) is 1. The summed E-state index contributed by atoms with van der Waals surface area (Å²) in [6, 6.07) is 0.856. The van der Waals surface area contributed by atoms with Crippen LogP contribution in [-0.4, -0.2) is 36.1 Å². The topological polar surface area (TPSA) is 15.3 Å². The summed E-state index contributed by atoms with van der Waals surface area (Å²) in [5.74, 6) is 1.02. The molecule has 1 unspecified atom stereocenters. The largest absolute Gasteiger partial charge is 0.317 e. The maximum atomic E-state index is 3.53. The highest BCUT2D eigenvalue weighted by atomic mass is 15.3. The zero-order valence-corrected chi connectivity index (χ0v) is 10.7. The minimum Gasteiger partial charge on any atom is -0.317 e. The number of rotatable bonds is 2. The van der Waals surface area contributed by atoms with Gasteiger partial charge in [-0.05, 0) is 71.0 Å². The van der Waals surface area contributed by atoms with Gasteiger partial charge in [-0.2, -0.15) is 0 Å². The van der Waals surface area contributed by atoms with E-state index in [1.807, 2.05) is 0 Å². The van der Waals surface area contributed by atoms with Gasteiger partial charge in [0.25, 0.3) is 0 Å². The first kappa shape index (κ1) is 11.0. The summed E-state index contributed by atoms with van der Waals surface area (Å²) in [7, 11) is 0. The van der Waals surface area contributed by atoms with Crippen molar-refractivity contribution in [2.45, 2.75) is 63.5 Å². The monoisotopic (exact) mass is 222 g/mol. The molecule has 3 fully saturated rings. The van der Waals surface area contributed by atoms with E-state index < -0.39 is 0 Å². The van der Waals surface area contributed by atoms with Crippen molar-refractivity contribution in [1.29, 1.82) is 0 Å². The molecule has 3 aliphatic rings. The van der Waals surface area contributed by atoms with Gasteiger partial charge in [-0.3, -0.25) is 4.90 Å². The Balaban J connectivity index is 1.71. The molecule has 2 heterocycles. The van der Waals surface area contributed by atoms with E-state index in [9.17, 15) is 0 Å². The van der Waals surface area contributed by atoms with Crippen LogP contribution < -0.4 is 5.32 Å². The fraction of sp³-hybridized carbons (Fsp3) is 1.00. The number of hydrogen-bond donors (Lipinski definition) is 1. The number of hydrogen-bond acceptors (Lipinski definition) is 2. The maximum absolute atomic E-state index is 3.53. The lowest BCUT2D eigenvalue weighted by atomic mass is 9.77. The van der Waals surface area contributed by atoms with E-state index in [1.165, 1.54) is 64.6 Å². The van der Waals surface area contributed by atoms with Crippen molar-refractivity contribution in [2.24, 2.45) is 5.92 Å². The van der Waals surface area contributed by atoms with E-state index in [0.717, 1.165) is 12.0 Å². The molecule has 0 radical (unpaired) electrons. The van der Waals surface area contributed by atoms with E-state index in [2.05, 4.69) is 17.1 Å². The van der Waals surface area contributed by atoms with E-state index in [1.54, 1.807) is 0 Å². The predicted molar refractivity (Wildman–Crippen MR) is 67.6 cm³/mol. The highest BCUT2D eigenvalue weighted by Crippen LogP contribution is 2.42. The summed E-state index contributed by atoms with van der Waals surface area (Å²) in [4.78, 5) is 2.90. The molecule has 2 aliphatic heterocycles. The van der Waals surface area contributed by atoms with Crippen LogP contribution in [0.2, 0.25) is 0 Å². The van der Waals surface area contributed by atoms with E-state index >= 15 is 0 Å². The molecular formula is C14H26N2. The molecule has 2 heteroatoms. The third-order valence-corrected chi connectivity index (χ3v) is 5.51. The molecule has 0 aromatic rings. The van der Waals surface area contributed by atoms with Crippen LogP contribution in [0.15, 0.2) is 0 Å². The van der Waals surface area contributed by atoms with Gasteiger partial charge in [-0.15, -0.1) is 0 Å². The zero-order chi connectivity index (χ0) is 11.0. The second-order valence-electron chi connectivity index (χ2n) is 6.20. The molecule has 3 rings (SSSR count). The standard InChI is InChI=1S/C14H26N2/c1-12(13-4-2-5-13)16-11-3-6-14(16)7-9-15-10-8-14/h12-13,15H,2-11H2,1H3. The fourth-order valence-electron chi connectivity index (χ4n) is 4.20. The zero-order valence-electron chi connectivity index (χ0n) is 10.7. The first-order valence-corrected chi connectivity index (χ1v) is 7.29. The van der Waals surface area contributed by atoms with E-state index in [-0.39, 0.29) is 0 Å². The van der Waals surface area contributed by atoms with Crippen LogP contribution in [0.1, 0.15) is 51.9 Å². The molecular weight excluding hydrogens is 196 g/mol. The molecule has 0 aromatic carbocycles. The lowest BCUT2D eigenvalue weighted by Gasteiger charge is -2.48. The summed E-state index contributed by atoms with van der Waals surface area (Å²) in [5.41, 5.74) is 0.597. The minimum atomic E-state index is 0.597. The smallest absolute Gasteiger partial charge is 0.0237 e. The molecule has 1 saturated carbocycles. The SMILES string of the molecule is CC(C1CCC1)N1CCCC12CCNCC2. The first-order valence-electron chi connectivity index (χ1n) is 7.29. The Bertz CT molecular complexity index is 241. The molecule has 0 amide bonds. The van der Waals surface area contributed by atoms with Crippen LogP contribution in [0.4, 0.5) is 0 Å². The van der Waals surface area contributed by atoms with Crippen LogP contribution in [0, 0.1) is 5.92 Å². The summed E-state index contributed by atoms with van der Waals surface area (Å²) in [6.45, 7) is 6.36. The molecule has 16 heavy (non-hydrogen) atoms. The summed E-state index contributed by atoms with van der Waals surface area (Å²) in [6.07, 6.45) is 10.2. The van der Waals surface area contributed by atoms with Gasteiger partial charge in [0.1, 0.15) is 0 Å². The first-order chi connectivity index (χ1) is 7.82. The van der Waals surface area contributed by atoms with Crippen molar-refractivity contribution in [3.8, 4) is 0 Å². The Hall–Kier alpha value is -0.0800. The molecule has 1 aliphatic carbocycles. The van der Waals surface area contributed by atoms with Gasteiger partial charge in [0.15, 0.2) is 0 Å². The van der Waals surface area contributed by atoms with Gasteiger partial charge in [-0.25, -0.2) is 0 Å². The van der Waals surface area contributed by atoms with Crippen LogP contribution in [-0.2, 0) is 0 Å². The Kier molecular flexibility index (Phi) is 2.97. The van der Waals surface area contributed by atoms with Crippen molar-refractivity contribution < 1.29 is 0 Å². The van der Waals surface area contributed by atoms with Gasteiger partial charge in [-0.1, -0.05) is 6.42 Å². The summed E-state index contributed by atoms with van der Waals surface area (Å²) >= 11 is 0. The van der Waals surface area contributed by atoms with Crippen LogP contribution >= 0.6 is 0 Å². The lowest BCUT2D eigenvalue weighted by molar-refractivity contribution is 0.0195. The van der Waals surface area contributed by atoms with Crippen molar-refractivity contribution in [3.63, 3.8) is 0 Å². The van der Waals surface area contributed by atoms with Gasteiger partial charge >= 0.3 is 0 Å². The second kappa shape index (κ2) is 4.30. The highest BCUT2D eigenvalue weighted by molar-refractivity contribution is 5.02. The van der Waals surface area contributed by atoms with Crippen molar-refractivity contribution in [3.05, 3.63) is 0 Å². The van der Waals surface area contributed by atoms with Gasteiger partial charge < -0.3 is 5.32 Å². The quantitative estimate of drug-likeness (QED) is 0.772. The molecule has 0 aromatic heterocycles. The Morgan fingerprint density at radius 3 is 2.50 bits per heavy atom. The van der Waals surface area contributed by atoms with Gasteiger partial charge in [0.2, 0.25) is 0 Å². The third-order valence-electron chi connectivity index (χ3n) is 5.51. The van der Waals surface area contributed by atoms with Gasteiger partial charge in [0, 0.05) is 11.6 Å². The molecule has 2 saturated heterocycles. The fourth-order valence-corrected chi connectivity index (χ4v) is 4.20. The summed E-state index contributed by atoms with van der Waals surface area (Å²) in [5, 5.41) is 3.53. The normalized spacial score (nSPS) is 32.8. The average molecular weight is 222 g/mol. The predicted octanol–water partition coefficient (Wildman–Crippen LogP) is 2.39. The Labute approximate surface area is 99.8 Å². The van der Waals surface area contributed by atoms with E-state index in [0.29, 0.717) is 5.54 Å². The molecule has 1 atom stereocenters. The molecule has 92 valence electrons. The summed E-state index contributed by atoms with van der Waals surface area (Å²) < 4.78 is 0. The maximum Gasteiger partial charge on any atom is 0.0237 e. The average Bonchev–Trinajstić information content (AvgIpc) is 2.60. The highest BCUT2D eigenvalue weighted by Gasteiger charge is 2.45. The second-order valence-corrected chi connectivity index (χ2v) is 6.20. The lowest BCUT2D eigenvalue weighted by Crippen LogP contribution is -2.56. The molecule has 1 N–H and O–H groups in total. The van der Waals surface area contributed by atoms with E-state index in [4.69, 9.17) is 0 Å². The Morgan fingerprint density at radius 1 is 1.12 bits per heavy atom. The minimum absolute atomic E-state index is 0.597. The molecule has 0 bridgehead atoms. The number of piperidine rings is 1. The van der Waals surface area contributed by atoms with Crippen molar-refractivity contribution in [1.82, 2.24) is 10.2 Å². The molecule has 2 nitrogen and oxygen atoms in total. The van der Waals surface area contributed by atoms with Crippen molar-refractivity contribution in [2.75, 3.05) is 19.6 Å². The Morgan fingerprint density at radius 2 is 1.88 bits per heavy atom.